The van der Waals surface area contributed by atoms with Crippen LogP contribution in [-0.2, 0) is 14.3 Å². The maximum absolute atomic E-state index is 12.0. The van der Waals surface area contributed by atoms with Crippen LogP contribution in [0.1, 0.15) is 13.3 Å². The third kappa shape index (κ3) is 3.37. The minimum Gasteiger partial charge on any atom is -0.479 e. The van der Waals surface area contributed by atoms with Crippen molar-refractivity contribution in [2.75, 3.05) is 13.7 Å². The summed E-state index contributed by atoms with van der Waals surface area (Å²) in [6.45, 7) is 0.796. The predicted molar refractivity (Wildman–Crippen MR) is 46.7 cm³/mol. The van der Waals surface area contributed by atoms with Crippen molar-refractivity contribution in [2.45, 2.75) is 25.1 Å². The summed E-state index contributed by atoms with van der Waals surface area (Å²) < 4.78 is 40.4. The van der Waals surface area contributed by atoms with Crippen molar-refractivity contribution in [1.29, 1.82) is 0 Å². The van der Waals surface area contributed by atoms with Crippen molar-refractivity contribution in [3.8, 4) is 0 Å². The van der Waals surface area contributed by atoms with Gasteiger partial charge in [-0.15, -0.1) is 0 Å². The van der Waals surface area contributed by atoms with E-state index >= 15 is 0 Å². The second kappa shape index (κ2) is 5.15. The maximum Gasteiger partial charge on any atom is 0.471 e. The van der Waals surface area contributed by atoms with Crippen LogP contribution in [0.4, 0.5) is 13.2 Å². The molecule has 1 unspecified atom stereocenters. The van der Waals surface area contributed by atoms with Crippen molar-refractivity contribution < 1.29 is 32.6 Å². The minimum absolute atomic E-state index is 0.224. The highest BCUT2D eigenvalue weighted by Gasteiger charge is 2.47. The van der Waals surface area contributed by atoms with E-state index < -0.39 is 30.2 Å². The number of carbonyl (C=O) groups excluding carboxylic acids is 1. The Balaban J connectivity index is 4.93. The molecule has 0 aromatic carbocycles. The average molecular weight is 243 g/mol. The Kier molecular flexibility index (Phi) is 4.73. The van der Waals surface area contributed by atoms with Crippen LogP contribution in [0, 0.1) is 0 Å². The topological polar surface area (TPSA) is 75.6 Å². The molecule has 0 fully saturated rings. The van der Waals surface area contributed by atoms with E-state index in [1.54, 1.807) is 0 Å². The van der Waals surface area contributed by atoms with E-state index in [0.717, 1.165) is 7.11 Å². The zero-order valence-corrected chi connectivity index (χ0v) is 8.72. The number of aliphatic carboxylic acids is 1. The Morgan fingerprint density at radius 3 is 2.12 bits per heavy atom. The Labute approximate surface area is 89.6 Å². The monoisotopic (exact) mass is 243 g/mol. The summed E-state index contributed by atoms with van der Waals surface area (Å²) in [5, 5.41) is 10.2. The number of nitrogens with one attached hydrogen (secondary N) is 1. The molecule has 0 aliphatic heterocycles. The zero-order valence-electron chi connectivity index (χ0n) is 8.72. The fourth-order valence-corrected chi connectivity index (χ4v) is 1.03. The third-order valence-corrected chi connectivity index (χ3v) is 2.01. The lowest BCUT2D eigenvalue weighted by atomic mass is 9.97. The lowest BCUT2D eigenvalue weighted by molar-refractivity contribution is -0.178. The van der Waals surface area contributed by atoms with Crippen molar-refractivity contribution in [2.24, 2.45) is 0 Å². The second-order valence-corrected chi connectivity index (χ2v) is 3.13. The Hall–Kier alpha value is -1.31. The lowest BCUT2D eigenvalue weighted by Crippen LogP contribution is -2.59. The molecule has 0 aromatic rings. The molecule has 0 aliphatic carbocycles. The number of alkyl halides is 3. The molecule has 16 heavy (non-hydrogen) atoms. The van der Waals surface area contributed by atoms with Crippen LogP contribution in [0.25, 0.3) is 0 Å². The first-order chi connectivity index (χ1) is 7.19. The van der Waals surface area contributed by atoms with Gasteiger partial charge in [-0.05, 0) is 6.42 Å². The largest absolute Gasteiger partial charge is 0.479 e. The summed E-state index contributed by atoms with van der Waals surface area (Å²) in [6.07, 6.45) is -5.35. The summed E-state index contributed by atoms with van der Waals surface area (Å²) in [4.78, 5) is 21.5. The van der Waals surface area contributed by atoms with E-state index in [-0.39, 0.29) is 6.42 Å². The second-order valence-electron chi connectivity index (χ2n) is 3.13. The molecule has 0 aromatic heterocycles. The van der Waals surface area contributed by atoms with Crippen LogP contribution in [0.2, 0.25) is 0 Å². The number of carboxylic acids is 1. The fourth-order valence-electron chi connectivity index (χ4n) is 1.03. The Morgan fingerprint density at radius 2 is 1.88 bits per heavy atom. The van der Waals surface area contributed by atoms with Crippen LogP contribution < -0.4 is 5.32 Å². The number of ether oxygens (including phenoxy) is 1. The van der Waals surface area contributed by atoms with Crippen molar-refractivity contribution in [3.63, 3.8) is 0 Å². The van der Waals surface area contributed by atoms with E-state index in [9.17, 15) is 22.8 Å². The van der Waals surface area contributed by atoms with Gasteiger partial charge in [0.25, 0.3) is 0 Å². The van der Waals surface area contributed by atoms with Gasteiger partial charge in [-0.2, -0.15) is 13.2 Å². The van der Waals surface area contributed by atoms with Crippen molar-refractivity contribution >= 4 is 11.9 Å². The molecule has 0 saturated heterocycles. The number of halogens is 3. The number of rotatable bonds is 5. The van der Waals surface area contributed by atoms with Crippen LogP contribution in [0.3, 0.4) is 0 Å². The number of hydrogen-bond donors (Lipinski definition) is 2. The van der Waals surface area contributed by atoms with E-state index in [1.807, 2.05) is 0 Å². The number of carbonyl (C=O) groups is 2. The first kappa shape index (κ1) is 14.7. The standard InChI is InChI=1S/C8H12F3NO4/c1-3-7(4-16-2,6(14)15)12-5(13)8(9,10)11/h3-4H2,1-2H3,(H,12,13)(H,14,15). The van der Waals surface area contributed by atoms with Crippen LogP contribution in [-0.4, -0.2) is 42.4 Å². The summed E-state index contributed by atoms with van der Waals surface area (Å²) in [7, 11) is 1.13. The molecule has 0 bridgehead atoms. The first-order valence-electron chi connectivity index (χ1n) is 4.31. The van der Waals surface area contributed by atoms with Gasteiger partial charge in [0.15, 0.2) is 5.54 Å². The highest BCUT2D eigenvalue weighted by atomic mass is 19.4. The van der Waals surface area contributed by atoms with Gasteiger partial charge in [0, 0.05) is 7.11 Å². The quantitative estimate of drug-likeness (QED) is 0.739. The Bertz CT molecular complexity index is 279. The third-order valence-electron chi connectivity index (χ3n) is 2.01. The van der Waals surface area contributed by atoms with Gasteiger partial charge in [0.05, 0.1) is 6.61 Å². The molecule has 0 aliphatic rings. The molecule has 1 amide bonds. The molecular formula is C8H12F3NO4. The Morgan fingerprint density at radius 1 is 1.38 bits per heavy atom. The van der Waals surface area contributed by atoms with E-state index in [4.69, 9.17) is 5.11 Å². The van der Waals surface area contributed by atoms with Gasteiger partial charge in [0.1, 0.15) is 0 Å². The van der Waals surface area contributed by atoms with Crippen LogP contribution in [0.15, 0.2) is 0 Å². The molecule has 0 rings (SSSR count). The fraction of sp³-hybridized carbons (Fsp3) is 0.750. The van der Waals surface area contributed by atoms with E-state index in [1.165, 1.54) is 12.2 Å². The van der Waals surface area contributed by atoms with E-state index in [2.05, 4.69) is 4.74 Å². The molecule has 0 heterocycles. The van der Waals surface area contributed by atoms with Crippen molar-refractivity contribution in [1.82, 2.24) is 5.32 Å². The van der Waals surface area contributed by atoms with Gasteiger partial charge < -0.3 is 15.2 Å². The summed E-state index contributed by atoms with van der Waals surface area (Å²) in [6, 6.07) is 0. The van der Waals surface area contributed by atoms with Crippen LogP contribution >= 0.6 is 0 Å². The van der Waals surface area contributed by atoms with Crippen molar-refractivity contribution in [3.05, 3.63) is 0 Å². The molecule has 0 spiro atoms. The summed E-state index contributed by atoms with van der Waals surface area (Å²) in [5.74, 6) is -3.87. The molecule has 8 heteroatoms. The van der Waals surface area contributed by atoms with Gasteiger partial charge in [-0.3, -0.25) is 4.79 Å². The van der Waals surface area contributed by atoms with E-state index in [0.29, 0.717) is 0 Å². The lowest BCUT2D eigenvalue weighted by Gasteiger charge is -2.28. The molecule has 2 N–H and O–H groups in total. The average Bonchev–Trinajstić information content (AvgIpc) is 2.14. The molecule has 0 saturated carbocycles. The van der Waals surface area contributed by atoms with Gasteiger partial charge in [0.2, 0.25) is 0 Å². The number of carboxylic acid groups (broad SMARTS) is 1. The number of methoxy groups -OCH3 is 1. The predicted octanol–water partition coefficient (Wildman–Crippen LogP) is 0.545. The zero-order chi connectivity index (χ0) is 13.0. The number of amides is 1. The van der Waals surface area contributed by atoms with Gasteiger partial charge in [-0.1, -0.05) is 6.92 Å². The maximum atomic E-state index is 12.0. The molecule has 0 radical (unpaired) electrons. The molecule has 94 valence electrons. The first-order valence-corrected chi connectivity index (χ1v) is 4.31. The smallest absolute Gasteiger partial charge is 0.471 e. The minimum atomic E-state index is -5.12. The molecule has 1 atom stereocenters. The highest BCUT2D eigenvalue weighted by Crippen LogP contribution is 2.19. The SMILES string of the molecule is CCC(COC)(NC(=O)C(F)(F)F)C(=O)O. The summed E-state index contributed by atoms with van der Waals surface area (Å²) in [5.41, 5.74) is -2.05. The normalized spacial score (nSPS) is 15.3. The molecule has 5 nitrogen and oxygen atoms in total. The van der Waals surface area contributed by atoms with Gasteiger partial charge in [-0.25, -0.2) is 4.79 Å². The van der Waals surface area contributed by atoms with Crippen LogP contribution in [0.5, 0.6) is 0 Å². The molecular weight excluding hydrogens is 231 g/mol. The number of hydrogen-bond acceptors (Lipinski definition) is 3. The van der Waals surface area contributed by atoms with Gasteiger partial charge >= 0.3 is 18.1 Å². The summed E-state index contributed by atoms with van der Waals surface area (Å²) >= 11 is 0. The highest BCUT2D eigenvalue weighted by molar-refractivity contribution is 5.89.